The van der Waals surface area contributed by atoms with E-state index in [1.54, 1.807) is 0 Å². The molecule has 1 aromatic rings. The fourth-order valence-corrected chi connectivity index (χ4v) is 2.69. The minimum absolute atomic E-state index is 0.00918. The van der Waals surface area contributed by atoms with Crippen LogP contribution < -0.4 is 5.32 Å². The van der Waals surface area contributed by atoms with Crippen LogP contribution in [0.2, 0.25) is 0 Å². The highest BCUT2D eigenvalue weighted by Crippen LogP contribution is 2.36. The summed E-state index contributed by atoms with van der Waals surface area (Å²) in [6, 6.07) is 2.27. The molecule has 2 heterocycles. The number of nitrogens with one attached hydrogen (secondary N) is 1. The van der Waals surface area contributed by atoms with E-state index in [0.717, 1.165) is 16.8 Å². The first-order valence-electron chi connectivity index (χ1n) is 7.34. The Labute approximate surface area is 126 Å². The second kappa shape index (κ2) is 6.00. The molecule has 2 N–H and O–H groups in total. The van der Waals surface area contributed by atoms with Crippen LogP contribution >= 0.6 is 0 Å². The van der Waals surface area contributed by atoms with Crippen LogP contribution in [0.1, 0.15) is 56.0 Å². The number of pyridine rings is 1. The predicted octanol–water partition coefficient (Wildman–Crippen LogP) is 2.33. The molecule has 0 fully saturated rings. The third-order valence-electron chi connectivity index (χ3n) is 3.72. The molecule has 0 bridgehead atoms. The summed E-state index contributed by atoms with van der Waals surface area (Å²) in [5.74, 6) is 0.831. The van der Waals surface area contributed by atoms with Gasteiger partial charge in [0.05, 0.1) is 30.1 Å². The quantitative estimate of drug-likeness (QED) is 0.889. The number of aliphatic hydroxyl groups is 1. The average molecular weight is 289 g/mol. The zero-order chi connectivity index (χ0) is 15.6. The first kappa shape index (κ1) is 15.7. The Balaban J connectivity index is 2.60. The first-order chi connectivity index (χ1) is 9.89. The van der Waals surface area contributed by atoms with Gasteiger partial charge in [-0.2, -0.15) is 5.26 Å². The number of hydrogen-bond donors (Lipinski definition) is 2. The van der Waals surface area contributed by atoms with Gasteiger partial charge in [0.15, 0.2) is 0 Å². The van der Waals surface area contributed by atoms with Gasteiger partial charge in [-0.3, -0.25) is 0 Å². The lowest BCUT2D eigenvalue weighted by atomic mass is 9.86. The smallest absolute Gasteiger partial charge is 0.144 e. The molecule has 0 atom stereocenters. The molecule has 21 heavy (non-hydrogen) atoms. The fraction of sp³-hybridized carbons (Fsp3) is 0.625. The van der Waals surface area contributed by atoms with Gasteiger partial charge in [-0.05, 0) is 25.3 Å². The van der Waals surface area contributed by atoms with Crippen molar-refractivity contribution in [3.63, 3.8) is 0 Å². The van der Waals surface area contributed by atoms with Crippen LogP contribution in [0.3, 0.4) is 0 Å². The molecule has 5 nitrogen and oxygen atoms in total. The van der Waals surface area contributed by atoms with Crippen molar-refractivity contribution in [1.82, 2.24) is 4.98 Å². The Bertz CT molecular complexity index is 574. The minimum atomic E-state index is -0.275. The number of nitrogens with zero attached hydrogens (tertiary/aromatic N) is 2. The van der Waals surface area contributed by atoms with Gasteiger partial charge in [0.25, 0.3) is 0 Å². The molecule has 0 saturated heterocycles. The van der Waals surface area contributed by atoms with Crippen molar-refractivity contribution < 1.29 is 9.84 Å². The molecule has 1 aromatic heterocycles. The molecule has 0 spiro atoms. The lowest BCUT2D eigenvalue weighted by Crippen LogP contribution is -2.34. The van der Waals surface area contributed by atoms with Gasteiger partial charge in [-0.15, -0.1) is 0 Å². The van der Waals surface area contributed by atoms with E-state index in [9.17, 15) is 5.26 Å². The van der Waals surface area contributed by atoms with Crippen LogP contribution in [0.25, 0.3) is 0 Å². The lowest BCUT2D eigenvalue weighted by molar-refractivity contribution is -0.0408. The summed E-state index contributed by atoms with van der Waals surface area (Å²) in [5, 5.41) is 21.6. The largest absolute Gasteiger partial charge is 0.395 e. The SMILES string of the molecule is CC(C)c1nc(NCCO)c(C#N)c2c1COC(C)(C)C2. The maximum absolute atomic E-state index is 9.54. The summed E-state index contributed by atoms with van der Waals surface area (Å²) in [7, 11) is 0. The number of aromatic nitrogens is 1. The molecule has 0 aromatic carbocycles. The Kier molecular flexibility index (Phi) is 4.50. The number of fused-ring (bicyclic) bond motifs is 1. The highest BCUT2D eigenvalue weighted by atomic mass is 16.5. The van der Waals surface area contributed by atoms with E-state index < -0.39 is 0 Å². The molecular weight excluding hydrogens is 266 g/mol. The van der Waals surface area contributed by atoms with Crippen molar-refractivity contribution in [2.45, 2.75) is 52.2 Å². The van der Waals surface area contributed by atoms with Gasteiger partial charge in [0, 0.05) is 18.5 Å². The summed E-state index contributed by atoms with van der Waals surface area (Å²) in [6.07, 6.45) is 0.696. The number of ether oxygens (including phenoxy) is 1. The van der Waals surface area contributed by atoms with Crippen LogP contribution in [0.5, 0.6) is 0 Å². The number of rotatable bonds is 4. The average Bonchev–Trinajstić information content (AvgIpc) is 2.42. The van der Waals surface area contributed by atoms with Crippen LogP contribution in [0, 0.1) is 11.3 Å². The van der Waals surface area contributed by atoms with Gasteiger partial charge in [-0.25, -0.2) is 4.98 Å². The van der Waals surface area contributed by atoms with E-state index >= 15 is 0 Å². The second-order valence-electron chi connectivity index (χ2n) is 6.32. The normalized spacial score (nSPS) is 16.4. The Morgan fingerprint density at radius 1 is 1.43 bits per heavy atom. The third-order valence-corrected chi connectivity index (χ3v) is 3.72. The summed E-state index contributed by atoms with van der Waals surface area (Å²) < 4.78 is 5.89. The molecule has 114 valence electrons. The lowest BCUT2D eigenvalue weighted by Gasteiger charge is -2.34. The Hall–Kier alpha value is -1.64. The van der Waals surface area contributed by atoms with Crippen molar-refractivity contribution in [2.75, 3.05) is 18.5 Å². The molecular formula is C16H23N3O2. The Morgan fingerprint density at radius 3 is 2.71 bits per heavy atom. The van der Waals surface area contributed by atoms with Crippen LogP contribution in [-0.2, 0) is 17.8 Å². The summed E-state index contributed by atoms with van der Waals surface area (Å²) in [4.78, 5) is 4.62. The van der Waals surface area contributed by atoms with Gasteiger partial charge in [-0.1, -0.05) is 13.8 Å². The first-order valence-corrected chi connectivity index (χ1v) is 7.34. The molecule has 1 aliphatic heterocycles. The monoisotopic (exact) mass is 289 g/mol. The standard InChI is InChI=1S/C16H23N3O2/c1-10(2)14-13-9-21-16(3,4)7-11(13)12(8-17)15(19-14)18-5-6-20/h10,20H,5-7,9H2,1-4H3,(H,18,19). The highest BCUT2D eigenvalue weighted by Gasteiger charge is 2.32. The van der Waals surface area contributed by atoms with Gasteiger partial charge < -0.3 is 15.2 Å². The van der Waals surface area contributed by atoms with Crippen molar-refractivity contribution in [2.24, 2.45) is 0 Å². The van der Waals surface area contributed by atoms with Crippen LogP contribution in [0.4, 0.5) is 5.82 Å². The molecule has 0 amide bonds. The maximum Gasteiger partial charge on any atom is 0.144 e. The number of anilines is 1. The highest BCUT2D eigenvalue weighted by molar-refractivity contribution is 5.60. The molecule has 0 unspecified atom stereocenters. The molecule has 2 rings (SSSR count). The van der Waals surface area contributed by atoms with Crippen molar-refractivity contribution >= 4 is 5.82 Å². The minimum Gasteiger partial charge on any atom is -0.395 e. The zero-order valence-corrected chi connectivity index (χ0v) is 13.2. The van der Waals surface area contributed by atoms with Crippen molar-refractivity contribution in [3.8, 4) is 6.07 Å². The zero-order valence-electron chi connectivity index (χ0n) is 13.2. The van der Waals surface area contributed by atoms with E-state index in [2.05, 4.69) is 30.2 Å². The fourth-order valence-electron chi connectivity index (χ4n) is 2.69. The molecule has 0 aliphatic carbocycles. The van der Waals surface area contributed by atoms with Gasteiger partial charge in [0.1, 0.15) is 11.9 Å². The van der Waals surface area contributed by atoms with E-state index in [0.29, 0.717) is 31.0 Å². The third kappa shape index (κ3) is 3.17. The number of hydrogen-bond acceptors (Lipinski definition) is 5. The van der Waals surface area contributed by atoms with Crippen LogP contribution in [0.15, 0.2) is 0 Å². The maximum atomic E-state index is 9.54. The predicted molar refractivity (Wildman–Crippen MR) is 81.2 cm³/mol. The molecule has 5 heteroatoms. The van der Waals surface area contributed by atoms with E-state index in [-0.39, 0.29) is 18.1 Å². The number of nitriles is 1. The summed E-state index contributed by atoms with van der Waals surface area (Å²) in [5.41, 5.74) is 3.37. The van der Waals surface area contributed by atoms with Gasteiger partial charge in [0.2, 0.25) is 0 Å². The van der Waals surface area contributed by atoms with E-state index in [1.807, 2.05) is 13.8 Å². The van der Waals surface area contributed by atoms with E-state index in [1.165, 1.54) is 0 Å². The van der Waals surface area contributed by atoms with Crippen LogP contribution in [-0.4, -0.2) is 28.8 Å². The molecule has 0 radical (unpaired) electrons. The van der Waals surface area contributed by atoms with Crippen molar-refractivity contribution in [3.05, 3.63) is 22.4 Å². The van der Waals surface area contributed by atoms with Gasteiger partial charge >= 0.3 is 0 Å². The second-order valence-corrected chi connectivity index (χ2v) is 6.32. The topological polar surface area (TPSA) is 78.2 Å². The summed E-state index contributed by atoms with van der Waals surface area (Å²) >= 11 is 0. The number of aliphatic hydroxyl groups excluding tert-OH is 1. The molecule has 1 aliphatic rings. The Morgan fingerprint density at radius 2 is 2.14 bits per heavy atom. The van der Waals surface area contributed by atoms with Crippen molar-refractivity contribution in [1.29, 1.82) is 5.26 Å². The molecule has 0 saturated carbocycles. The summed E-state index contributed by atoms with van der Waals surface area (Å²) in [6.45, 7) is 9.14. The van der Waals surface area contributed by atoms with E-state index in [4.69, 9.17) is 9.84 Å².